The lowest BCUT2D eigenvalue weighted by atomic mass is 10.1. The second-order valence-corrected chi connectivity index (χ2v) is 9.80. The molecule has 0 radical (unpaired) electrons. The van der Waals surface area contributed by atoms with Gasteiger partial charge in [0.2, 0.25) is 0 Å². The first-order valence-electron chi connectivity index (χ1n) is 10.0. The Balaban J connectivity index is 1.68. The lowest BCUT2D eigenvalue weighted by Crippen LogP contribution is -2.20. The van der Waals surface area contributed by atoms with Crippen LogP contribution in [0.25, 0.3) is 6.08 Å². The number of carbonyl (C=O) groups is 2. The van der Waals surface area contributed by atoms with Crippen molar-refractivity contribution < 1.29 is 14.3 Å². The molecule has 35 heavy (non-hydrogen) atoms. The predicted molar refractivity (Wildman–Crippen MR) is 146 cm³/mol. The highest BCUT2D eigenvalue weighted by Crippen LogP contribution is 2.35. The largest absolute Gasteiger partial charge is 0.481 e. The van der Waals surface area contributed by atoms with Crippen molar-refractivity contribution in [2.24, 2.45) is 0 Å². The quantitative estimate of drug-likeness (QED) is 0.209. The minimum atomic E-state index is -0.560. The number of hydrogen-bond donors (Lipinski definition) is 2. The van der Waals surface area contributed by atoms with E-state index in [0.29, 0.717) is 41.7 Å². The normalized spacial score (nSPS) is 10.9. The third kappa shape index (κ3) is 7.58. The molecule has 6 nitrogen and oxygen atoms in total. The van der Waals surface area contributed by atoms with Crippen LogP contribution in [-0.2, 0) is 9.59 Å². The lowest BCUT2D eigenvalue weighted by Gasteiger charge is -2.12. The number of hydrogen-bond acceptors (Lipinski definition) is 4. The van der Waals surface area contributed by atoms with Gasteiger partial charge in [0.1, 0.15) is 17.4 Å². The minimum absolute atomic E-state index is 0.0939. The van der Waals surface area contributed by atoms with Gasteiger partial charge in [-0.05, 0) is 105 Å². The van der Waals surface area contributed by atoms with Gasteiger partial charge in [-0.2, -0.15) is 5.26 Å². The van der Waals surface area contributed by atoms with E-state index in [-0.39, 0.29) is 18.1 Å². The van der Waals surface area contributed by atoms with E-state index in [4.69, 9.17) is 27.9 Å². The van der Waals surface area contributed by atoms with Crippen molar-refractivity contribution in [1.29, 1.82) is 5.26 Å². The van der Waals surface area contributed by atoms with Gasteiger partial charge in [-0.1, -0.05) is 29.3 Å². The Labute approximate surface area is 229 Å². The van der Waals surface area contributed by atoms with Crippen LogP contribution in [0, 0.1) is 18.3 Å². The van der Waals surface area contributed by atoms with Gasteiger partial charge in [0.05, 0.1) is 8.95 Å². The number of anilines is 2. The van der Waals surface area contributed by atoms with Crippen molar-refractivity contribution in [3.8, 4) is 11.8 Å². The molecule has 0 unspecified atom stereocenters. The molecule has 0 heterocycles. The van der Waals surface area contributed by atoms with Crippen LogP contribution in [0.5, 0.6) is 5.75 Å². The number of aryl methyl sites for hydroxylation is 1. The van der Waals surface area contributed by atoms with Crippen LogP contribution in [0.1, 0.15) is 11.1 Å². The molecular formula is C25H17Br2Cl2N3O3. The Hall–Kier alpha value is -2.83. The van der Waals surface area contributed by atoms with Crippen LogP contribution in [-0.4, -0.2) is 18.4 Å². The number of amides is 2. The Morgan fingerprint density at radius 2 is 1.63 bits per heavy atom. The molecule has 0 aliphatic heterocycles. The molecule has 0 aromatic heterocycles. The van der Waals surface area contributed by atoms with Crippen molar-refractivity contribution in [3.63, 3.8) is 0 Å². The van der Waals surface area contributed by atoms with Gasteiger partial charge >= 0.3 is 0 Å². The fourth-order valence-corrected chi connectivity index (χ4v) is 4.61. The Morgan fingerprint density at radius 1 is 1.00 bits per heavy atom. The Kier molecular flexibility index (Phi) is 9.35. The van der Waals surface area contributed by atoms with E-state index in [2.05, 4.69) is 42.5 Å². The van der Waals surface area contributed by atoms with Crippen molar-refractivity contribution in [1.82, 2.24) is 0 Å². The zero-order valence-corrected chi connectivity index (χ0v) is 22.8. The molecule has 0 fully saturated rings. The molecule has 10 heteroatoms. The average molecular weight is 638 g/mol. The van der Waals surface area contributed by atoms with Crippen LogP contribution in [0.3, 0.4) is 0 Å². The van der Waals surface area contributed by atoms with Gasteiger partial charge in [0.15, 0.2) is 6.61 Å². The molecular weight excluding hydrogens is 621 g/mol. The fraction of sp³-hybridized carbons (Fsp3) is 0.0800. The monoisotopic (exact) mass is 635 g/mol. The molecule has 3 aromatic rings. The molecule has 3 aromatic carbocycles. The van der Waals surface area contributed by atoms with E-state index >= 15 is 0 Å². The molecule has 0 saturated carbocycles. The molecule has 0 aliphatic carbocycles. The van der Waals surface area contributed by atoms with E-state index < -0.39 is 5.91 Å². The summed E-state index contributed by atoms with van der Waals surface area (Å²) in [6, 6.07) is 17.0. The molecule has 0 atom stereocenters. The summed E-state index contributed by atoms with van der Waals surface area (Å²) in [6.07, 6.45) is 1.44. The third-order valence-corrected chi connectivity index (χ3v) is 6.44. The number of carbonyl (C=O) groups excluding carboxylic acids is 2. The first kappa shape index (κ1) is 26.8. The van der Waals surface area contributed by atoms with Gasteiger partial charge < -0.3 is 15.4 Å². The molecule has 0 saturated heterocycles. The summed E-state index contributed by atoms with van der Waals surface area (Å²) in [4.78, 5) is 24.8. The van der Waals surface area contributed by atoms with Crippen molar-refractivity contribution >= 4 is 84.3 Å². The summed E-state index contributed by atoms with van der Waals surface area (Å²) in [5.41, 5.74) is 2.46. The van der Waals surface area contributed by atoms with E-state index in [1.807, 2.05) is 19.1 Å². The number of nitriles is 1. The zero-order chi connectivity index (χ0) is 25.5. The van der Waals surface area contributed by atoms with Crippen LogP contribution >= 0.6 is 55.1 Å². The molecule has 0 aliphatic rings. The zero-order valence-electron chi connectivity index (χ0n) is 18.2. The molecule has 178 valence electrons. The SMILES string of the molecule is Cc1ccc(NC(=O)COc2c(Br)cc(/C=C(/C#N)C(=O)Nc3ccc(Cl)cc3)cc2Br)cc1Cl. The second-order valence-electron chi connectivity index (χ2n) is 7.25. The first-order chi connectivity index (χ1) is 16.7. The summed E-state index contributed by atoms with van der Waals surface area (Å²) < 4.78 is 6.72. The van der Waals surface area contributed by atoms with Crippen molar-refractivity contribution in [2.75, 3.05) is 17.2 Å². The standard InChI is InChI=1S/C25H17Br2Cl2N3O3/c1-14-2-5-19(11-22(14)29)31-23(33)13-35-24-20(26)9-15(10-21(24)27)8-16(12-30)25(34)32-18-6-3-17(28)4-7-18/h2-11H,13H2,1H3,(H,31,33)(H,32,34)/b16-8-. The van der Waals surface area contributed by atoms with E-state index in [0.717, 1.165) is 5.56 Å². The Bertz CT molecular complexity index is 1330. The van der Waals surface area contributed by atoms with E-state index in [9.17, 15) is 14.9 Å². The number of benzene rings is 3. The summed E-state index contributed by atoms with van der Waals surface area (Å²) in [5, 5.41) is 15.9. The first-order valence-corrected chi connectivity index (χ1v) is 12.4. The minimum Gasteiger partial charge on any atom is -0.481 e. The van der Waals surface area contributed by atoms with E-state index in [1.54, 1.807) is 48.5 Å². The van der Waals surface area contributed by atoms with Gasteiger partial charge in [-0.3, -0.25) is 9.59 Å². The van der Waals surface area contributed by atoms with Crippen LogP contribution in [0.15, 0.2) is 69.1 Å². The molecule has 2 N–H and O–H groups in total. The maximum Gasteiger partial charge on any atom is 0.266 e. The maximum absolute atomic E-state index is 12.5. The van der Waals surface area contributed by atoms with Gasteiger partial charge in [0, 0.05) is 21.4 Å². The predicted octanol–water partition coefficient (Wildman–Crippen LogP) is 7.39. The number of halogens is 4. The number of rotatable bonds is 7. The van der Waals surface area contributed by atoms with E-state index in [1.165, 1.54) is 6.08 Å². The van der Waals surface area contributed by atoms with Gasteiger partial charge in [-0.25, -0.2) is 0 Å². The van der Waals surface area contributed by atoms with Crippen molar-refractivity contribution in [2.45, 2.75) is 6.92 Å². The highest BCUT2D eigenvalue weighted by Gasteiger charge is 2.14. The third-order valence-electron chi connectivity index (χ3n) is 4.60. The summed E-state index contributed by atoms with van der Waals surface area (Å²) in [7, 11) is 0. The average Bonchev–Trinajstić information content (AvgIpc) is 2.80. The van der Waals surface area contributed by atoms with Crippen molar-refractivity contribution in [3.05, 3.63) is 90.3 Å². The Morgan fingerprint density at radius 3 is 2.23 bits per heavy atom. The van der Waals surface area contributed by atoms with Gasteiger partial charge in [0.25, 0.3) is 11.8 Å². The number of ether oxygens (including phenoxy) is 1. The maximum atomic E-state index is 12.5. The van der Waals surface area contributed by atoms with Gasteiger partial charge in [-0.15, -0.1) is 0 Å². The number of nitrogens with one attached hydrogen (secondary N) is 2. The van der Waals surface area contributed by atoms with Crippen LogP contribution < -0.4 is 15.4 Å². The highest BCUT2D eigenvalue weighted by atomic mass is 79.9. The smallest absolute Gasteiger partial charge is 0.266 e. The number of nitrogens with zero attached hydrogens (tertiary/aromatic N) is 1. The summed E-state index contributed by atoms with van der Waals surface area (Å²) in [6.45, 7) is 1.63. The van der Waals surface area contributed by atoms with Crippen LogP contribution in [0.2, 0.25) is 10.0 Å². The molecule has 2 amide bonds. The van der Waals surface area contributed by atoms with Crippen LogP contribution in [0.4, 0.5) is 11.4 Å². The molecule has 3 rings (SSSR count). The summed E-state index contributed by atoms with van der Waals surface area (Å²) >= 11 is 18.8. The summed E-state index contributed by atoms with van der Waals surface area (Å²) in [5.74, 6) is -0.531. The molecule has 0 bridgehead atoms. The highest BCUT2D eigenvalue weighted by molar-refractivity contribution is 9.11. The lowest BCUT2D eigenvalue weighted by molar-refractivity contribution is -0.118. The topological polar surface area (TPSA) is 91.2 Å². The molecule has 0 spiro atoms. The second kappa shape index (κ2) is 12.2. The fourth-order valence-electron chi connectivity index (χ4n) is 2.85.